The Bertz CT molecular complexity index is 615. The summed E-state index contributed by atoms with van der Waals surface area (Å²) < 4.78 is 27.8. The zero-order chi connectivity index (χ0) is 15.7. The highest BCUT2D eigenvalue weighted by atomic mass is 35.5. The number of aryl methyl sites for hydroxylation is 2. The molecule has 1 aliphatic heterocycles. The summed E-state index contributed by atoms with van der Waals surface area (Å²) >= 11 is 0. The minimum Gasteiger partial charge on any atom is -0.312 e. The zero-order valence-electron chi connectivity index (χ0n) is 13.8. The Labute approximate surface area is 140 Å². The van der Waals surface area contributed by atoms with Crippen LogP contribution in [-0.2, 0) is 10.0 Å². The summed E-state index contributed by atoms with van der Waals surface area (Å²) in [4.78, 5) is 0.385. The smallest absolute Gasteiger partial charge is 0.240 e. The van der Waals surface area contributed by atoms with Crippen molar-refractivity contribution in [1.82, 2.24) is 10.0 Å². The van der Waals surface area contributed by atoms with Gasteiger partial charge in [0.2, 0.25) is 10.0 Å². The van der Waals surface area contributed by atoms with Crippen LogP contribution in [0.3, 0.4) is 0 Å². The van der Waals surface area contributed by atoms with Crippen molar-refractivity contribution in [1.29, 1.82) is 0 Å². The van der Waals surface area contributed by atoms with E-state index in [1.807, 2.05) is 26.0 Å². The molecule has 1 unspecified atom stereocenters. The first-order chi connectivity index (χ1) is 9.72. The van der Waals surface area contributed by atoms with Gasteiger partial charge in [-0.25, -0.2) is 13.1 Å². The van der Waals surface area contributed by atoms with E-state index in [0.717, 1.165) is 30.5 Å². The summed E-state index contributed by atoms with van der Waals surface area (Å²) in [6, 6.07) is 5.69. The van der Waals surface area contributed by atoms with Gasteiger partial charge in [0.15, 0.2) is 0 Å². The first kappa shape index (κ1) is 19.4. The minimum absolute atomic E-state index is 0. The molecule has 1 aliphatic rings. The molecule has 0 spiro atoms. The summed E-state index contributed by atoms with van der Waals surface area (Å²) in [5.74, 6) is 0. The molecule has 1 aromatic carbocycles. The van der Waals surface area contributed by atoms with Crippen LogP contribution in [-0.4, -0.2) is 27.5 Å². The monoisotopic (exact) mass is 346 g/mol. The van der Waals surface area contributed by atoms with E-state index in [-0.39, 0.29) is 23.9 Å². The number of piperidine rings is 1. The standard InChI is InChI=1S/C16H26N2O2S.ClH/c1-12-6-7-13(2)14(10-12)21(19,20)18-11-15-16(3,4)8-5-9-17-15;/h6-7,10,15,17-18H,5,8-9,11H2,1-4H3;1H. The molecule has 0 amide bonds. The zero-order valence-corrected chi connectivity index (χ0v) is 15.4. The predicted molar refractivity (Wildman–Crippen MR) is 93.2 cm³/mol. The second kappa shape index (κ2) is 7.30. The van der Waals surface area contributed by atoms with E-state index in [2.05, 4.69) is 23.9 Å². The molecule has 126 valence electrons. The molecule has 1 atom stereocenters. The maximum atomic E-state index is 12.5. The molecule has 4 nitrogen and oxygen atoms in total. The van der Waals surface area contributed by atoms with Gasteiger partial charge in [0.05, 0.1) is 4.90 Å². The Morgan fingerprint density at radius 3 is 2.64 bits per heavy atom. The van der Waals surface area contributed by atoms with E-state index in [9.17, 15) is 8.42 Å². The SMILES string of the molecule is Cc1ccc(C)c(S(=O)(=O)NCC2NCCCC2(C)C)c1.Cl. The van der Waals surface area contributed by atoms with E-state index in [1.165, 1.54) is 0 Å². The Hall–Kier alpha value is -0.620. The highest BCUT2D eigenvalue weighted by Gasteiger charge is 2.32. The van der Waals surface area contributed by atoms with E-state index in [1.54, 1.807) is 6.07 Å². The third-order valence-electron chi connectivity index (χ3n) is 4.44. The van der Waals surface area contributed by atoms with Crippen LogP contribution in [0.2, 0.25) is 0 Å². The number of halogens is 1. The van der Waals surface area contributed by atoms with E-state index in [0.29, 0.717) is 11.4 Å². The Balaban J connectivity index is 0.00000242. The van der Waals surface area contributed by atoms with Crippen LogP contribution in [0.15, 0.2) is 23.1 Å². The van der Waals surface area contributed by atoms with Gasteiger partial charge < -0.3 is 5.32 Å². The Kier molecular flexibility index (Phi) is 6.45. The largest absolute Gasteiger partial charge is 0.312 e. The average molecular weight is 347 g/mol. The molecular weight excluding hydrogens is 320 g/mol. The van der Waals surface area contributed by atoms with Crippen molar-refractivity contribution < 1.29 is 8.42 Å². The third kappa shape index (κ3) is 4.44. The van der Waals surface area contributed by atoms with Crippen LogP contribution >= 0.6 is 12.4 Å². The topological polar surface area (TPSA) is 58.2 Å². The summed E-state index contributed by atoms with van der Waals surface area (Å²) in [6.07, 6.45) is 2.27. The van der Waals surface area contributed by atoms with E-state index < -0.39 is 10.0 Å². The van der Waals surface area contributed by atoms with Crippen LogP contribution < -0.4 is 10.0 Å². The van der Waals surface area contributed by atoms with Gasteiger partial charge in [0.1, 0.15) is 0 Å². The van der Waals surface area contributed by atoms with Crippen molar-refractivity contribution in [3.63, 3.8) is 0 Å². The molecular formula is C16H27ClN2O2S. The van der Waals surface area contributed by atoms with Crippen molar-refractivity contribution in [3.8, 4) is 0 Å². The second-order valence-corrected chi connectivity index (χ2v) is 8.46. The number of hydrogen-bond acceptors (Lipinski definition) is 3. The number of nitrogens with one attached hydrogen (secondary N) is 2. The molecule has 0 aliphatic carbocycles. The minimum atomic E-state index is -3.45. The fraction of sp³-hybridized carbons (Fsp3) is 0.625. The van der Waals surface area contributed by atoms with Gasteiger partial charge >= 0.3 is 0 Å². The lowest BCUT2D eigenvalue weighted by Crippen LogP contribution is -2.52. The van der Waals surface area contributed by atoms with Gasteiger partial charge in [-0.1, -0.05) is 26.0 Å². The van der Waals surface area contributed by atoms with E-state index >= 15 is 0 Å². The van der Waals surface area contributed by atoms with Crippen LogP contribution in [0.4, 0.5) is 0 Å². The van der Waals surface area contributed by atoms with Gasteiger partial charge in [-0.15, -0.1) is 12.4 Å². The maximum absolute atomic E-state index is 12.5. The molecule has 1 saturated heterocycles. The van der Waals surface area contributed by atoms with Gasteiger partial charge in [0, 0.05) is 12.6 Å². The molecule has 6 heteroatoms. The third-order valence-corrected chi connectivity index (χ3v) is 6.01. The molecule has 1 fully saturated rings. The lowest BCUT2D eigenvalue weighted by atomic mass is 9.78. The average Bonchev–Trinajstić information content (AvgIpc) is 2.39. The highest BCUT2D eigenvalue weighted by molar-refractivity contribution is 7.89. The fourth-order valence-electron chi connectivity index (χ4n) is 2.89. The maximum Gasteiger partial charge on any atom is 0.240 e. The van der Waals surface area contributed by atoms with Crippen LogP contribution in [0, 0.1) is 19.3 Å². The molecule has 1 heterocycles. The van der Waals surface area contributed by atoms with Crippen LogP contribution in [0.5, 0.6) is 0 Å². The van der Waals surface area contributed by atoms with Gasteiger partial charge in [0.25, 0.3) is 0 Å². The first-order valence-corrected chi connectivity index (χ1v) is 9.01. The summed E-state index contributed by atoms with van der Waals surface area (Å²) in [5, 5.41) is 3.43. The van der Waals surface area contributed by atoms with Gasteiger partial charge in [-0.3, -0.25) is 0 Å². The molecule has 0 aromatic heterocycles. The van der Waals surface area contributed by atoms with Crippen molar-refractivity contribution >= 4 is 22.4 Å². The molecule has 2 rings (SSSR count). The van der Waals surface area contributed by atoms with Crippen molar-refractivity contribution in [2.75, 3.05) is 13.1 Å². The molecule has 0 saturated carbocycles. The predicted octanol–water partition coefficient (Wildman–Crippen LogP) is 2.78. The normalized spacial score (nSPS) is 21.2. The summed E-state index contributed by atoms with van der Waals surface area (Å²) in [5.41, 5.74) is 1.85. The van der Waals surface area contributed by atoms with Crippen molar-refractivity contribution in [3.05, 3.63) is 29.3 Å². The van der Waals surface area contributed by atoms with Crippen molar-refractivity contribution in [2.45, 2.75) is 51.5 Å². The number of benzene rings is 1. The Morgan fingerprint density at radius 2 is 2.00 bits per heavy atom. The van der Waals surface area contributed by atoms with Gasteiger partial charge in [-0.05, 0) is 55.8 Å². The molecule has 0 radical (unpaired) electrons. The summed E-state index contributed by atoms with van der Waals surface area (Å²) in [7, 11) is -3.45. The Morgan fingerprint density at radius 1 is 1.32 bits per heavy atom. The fourth-order valence-corrected chi connectivity index (χ4v) is 4.26. The number of rotatable bonds is 4. The second-order valence-electron chi connectivity index (χ2n) is 6.72. The van der Waals surface area contributed by atoms with E-state index in [4.69, 9.17) is 0 Å². The highest BCUT2D eigenvalue weighted by Crippen LogP contribution is 2.30. The molecule has 2 N–H and O–H groups in total. The molecule has 0 bridgehead atoms. The van der Waals surface area contributed by atoms with Crippen molar-refractivity contribution in [2.24, 2.45) is 5.41 Å². The molecule has 22 heavy (non-hydrogen) atoms. The van der Waals surface area contributed by atoms with Gasteiger partial charge in [-0.2, -0.15) is 0 Å². The van der Waals surface area contributed by atoms with Crippen LogP contribution in [0.1, 0.15) is 37.8 Å². The molecule has 1 aromatic rings. The lowest BCUT2D eigenvalue weighted by molar-refractivity contribution is 0.181. The number of hydrogen-bond donors (Lipinski definition) is 2. The summed E-state index contributed by atoms with van der Waals surface area (Å²) in [6.45, 7) is 9.51. The lowest BCUT2D eigenvalue weighted by Gasteiger charge is -2.39. The van der Waals surface area contributed by atoms with Crippen LogP contribution in [0.25, 0.3) is 0 Å². The number of sulfonamides is 1. The first-order valence-electron chi connectivity index (χ1n) is 7.53. The quantitative estimate of drug-likeness (QED) is 0.881.